The van der Waals surface area contributed by atoms with Gasteiger partial charge in [0, 0.05) is 5.56 Å². The molecule has 0 fully saturated rings. The smallest absolute Gasteiger partial charge is 0.493 e. The molecular weight excluding hydrogens is 410 g/mol. The van der Waals surface area contributed by atoms with E-state index in [0.29, 0.717) is 5.06 Å². The van der Waals surface area contributed by atoms with Gasteiger partial charge >= 0.3 is 12.1 Å². The van der Waals surface area contributed by atoms with Gasteiger partial charge in [-0.05, 0) is 32.2 Å². The summed E-state index contributed by atoms with van der Waals surface area (Å²) in [6, 6.07) is 7.04. The molecule has 1 aromatic heterocycles. The summed E-state index contributed by atoms with van der Waals surface area (Å²) < 4.78 is 58.2. The van der Waals surface area contributed by atoms with Crippen molar-refractivity contribution in [3.8, 4) is 17.0 Å². The Balaban J connectivity index is 2.13. The van der Waals surface area contributed by atoms with Gasteiger partial charge in [0.1, 0.15) is 11.6 Å². The summed E-state index contributed by atoms with van der Waals surface area (Å²) in [5, 5.41) is 0.499. The van der Waals surface area contributed by atoms with Crippen LogP contribution in [0.2, 0.25) is 0 Å². The number of nitrogens with zero attached hydrogens (tertiary/aromatic N) is 3. The van der Waals surface area contributed by atoms with Gasteiger partial charge in [0.05, 0.1) is 24.0 Å². The molecule has 2 unspecified atom stereocenters. The lowest BCUT2D eigenvalue weighted by Gasteiger charge is -2.42. The maximum atomic E-state index is 14.5. The van der Waals surface area contributed by atoms with E-state index in [1.54, 1.807) is 6.92 Å². The predicted molar refractivity (Wildman–Crippen MR) is 98.1 cm³/mol. The average molecular weight is 429 g/mol. The summed E-state index contributed by atoms with van der Waals surface area (Å²) in [5.41, 5.74) is 12.2. The lowest BCUT2D eigenvalue weighted by Crippen LogP contribution is -2.60. The van der Waals surface area contributed by atoms with E-state index in [2.05, 4.69) is 9.82 Å². The maximum Gasteiger partial charge on any atom is 0.493 e. The van der Waals surface area contributed by atoms with Crippen LogP contribution in [-0.2, 0) is 9.63 Å². The van der Waals surface area contributed by atoms with Crippen molar-refractivity contribution >= 4 is 11.8 Å². The minimum Gasteiger partial charge on any atom is -0.493 e. The van der Waals surface area contributed by atoms with Gasteiger partial charge in [0.2, 0.25) is 0 Å². The number of anilines is 1. The Bertz CT molecular complexity index is 956. The van der Waals surface area contributed by atoms with Crippen molar-refractivity contribution in [2.24, 2.45) is 11.5 Å². The van der Waals surface area contributed by atoms with Gasteiger partial charge in [0.15, 0.2) is 12.1 Å². The highest BCUT2D eigenvalue weighted by atomic mass is 19.4. The zero-order valence-corrected chi connectivity index (χ0v) is 16.0. The third-order valence-corrected chi connectivity index (χ3v) is 4.47. The van der Waals surface area contributed by atoms with Crippen molar-refractivity contribution in [3.63, 3.8) is 0 Å². The van der Waals surface area contributed by atoms with Crippen molar-refractivity contribution in [2.75, 3.05) is 18.7 Å². The van der Waals surface area contributed by atoms with Gasteiger partial charge in [-0.3, -0.25) is 10.6 Å². The highest BCUT2D eigenvalue weighted by Crippen LogP contribution is 2.38. The number of hydrogen-bond acceptors (Lipinski definition) is 8. The summed E-state index contributed by atoms with van der Waals surface area (Å²) in [4.78, 5) is 21.4. The number of rotatable bonds is 4. The van der Waals surface area contributed by atoms with Crippen molar-refractivity contribution < 1.29 is 31.9 Å². The number of nitrogens with two attached hydrogens (primary N) is 2. The standard InChI is InChI=1S/C18H19F4N5O3/c1-3-29-12-6-4-5-10(19)13(12)11-8-7-9-14(23)26(2)17(24)27(15(9)25-11)30-16(28)18(20,21)22/h4-8,14,17H,3,23-24H2,1-2H3. The van der Waals surface area contributed by atoms with Crippen LogP contribution >= 0.6 is 0 Å². The zero-order chi connectivity index (χ0) is 22.2. The maximum absolute atomic E-state index is 14.5. The first-order valence-corrected chi connectivity index (χ1v) is 8.80. The van der Waals surface area contributed by atoms with Gasteiger partial charge in [-0.25, -0.2) is 14.2 Å². The van der Waals surface area contributed by atoms with Crippen molar-refractivity contribution in [2.45, 2.75) is 25.6 Å². The van der Waals surface area contributed by atoms with E-state index in [1.807, 2.05) is 0 Å². The Kier molecular flexibility index (Phi) is 5.83. The van der Waals surface area contributed by atoms with Gasteiger partial charge in [-0.1, -0.05) is 12.1 Å². The number of halogens is 4. The molecule has 0 saturated carbocycles. The molecule has 2 atom stereocenters. The quantitative estimate of drug-likeness (QED) is 0.713. The number of ether oxygens (including phenoxy) is 1. The van der Waals surface area contributed by atoms with Gasteiger partial charge in [0.25, 0.3) is 0 Å². The molecule has 0 aliphatic carbocycles. The molecule has 2 aromatic rings. The molecule has 0 spiro atoms. The molecule has 1 aliphatic rings. The fourth-order valence-corrected chi connectivity index (χ4v) is 2.95. The number of benzene rings is 1. The second kappa shape index (κ2) is 8.05. The molecule has 12 heteroatoms. The van der Waals surface area contributed by atoms with E-state index in [9.17, 15) is 22.4 Å². The Morgan fingerprint density at radius 3 is 2.57 bits per heavy atom. The third kappa shape index (κ3) is 3.88. The first kappa shape index (κ1) is 21.7. The summed E-state index contributed by atoms with van der Waals surface area (Å²) >= 11 is 0. The average Bonchev–Trinajstić information content (AvgIpc) is 2.68. The number of hydrogen-bond donors (Lipinski definition) is 2. The van der Waals surface area contributed by atoms with Crippen LogP contribution in [0.5, 0.6) is 5.75 Å². The van der Waals surface area contributed by atoms with E-state index in [-0.39, 0.29) is 35.0 Å². The summed E-state index contributed by atoms with van der Waals surface area (Å²) in [7, 11) is 1.44. The minimum absolute atomic E-state index is 0.00896. The highest BCUT2D eigenvalue weighted by Gasteiger charge is 2.46. The lowest BCUT2D eigenvalue weighted by molar-refractivity contribution is -0.204. The molecule has 1 aromatic carbocycles. The molecule has 30 heavy (non-hydrogen) atoms. The van der Waals surface area contributed by atoms with Crippen molar-refractivity contribution in [1.29, 1.82) is 0 Å². The number of alkyl halides is 3. The number of hydroxylamine groups is 1. The van der Waals surface area contributed by atoms with Gasteiger partial charge < -0.3 is 15.3 Å². The molecule has 8 nitrogen and oxygen atoms in total. The van der Waals surface area contributed by atoms with Gasteiger partial charge in [-0.15, -0.1) is 0 Å². The van der Waals surface area contributed by atoms with Crippen molar-refractivity contribution in [3.05, 3.63) is 41.7 Å². The third-order valence-electron chi connectivity index (χ3n) is 4.47. The van der Waals surface area contributed by atoms with Gasteiger partial charge in [-0.2, -0.15) is 18.2 Å². The molecule has 2 heterocycles. The molecular formula is C18H19F4N5O3. The van der Waals surface area contributed by atoms with E-state index in [0.717, 1.165) is 0 Å². The SMILES string of the molecule is CCOc1cccc(F)c1-c1ccc2c(n1)N(OC(=O)C(F)(F)F)C(N)N(C)C2N. The minimum atomic E-state index is -5.26. The largest absolute Gasteiger partial charge is 0.493 e. The molecule has 162 valence electrons. The number of carbonyl (C=O) groups excluding carboxylic acids is 1. The number of aromatic nitrogens is 1. The van der Waals surface area contributed by atoms with E-state index in [4.69, 9.17) is 16.2 Å². The summed E-state index contributed by atoms with van der Waals surface area (Å²) in [6.07, 6.45) is -7.48. The monoisotopic (exact) mass is 429 g/mol. The molecule has 1 aliphatic heterocycles. The highest BCUT2D eigenvalue weighted by molar-refractivity contribution is 5.77. The van der Waals surface area contributed by atoms with Crippen LogP contribution < -0.4 is 21.3 Å². The first-order valence-electron chi connectivity index (χ1n) is 8.80. The number of pyridine rings is 1. The summed E-state index contributed by atoms with van der Waals surface area (Å²) in [6.45, 7) is 1.96. The molecule has 0 saturated heterocycles. The lowest BCUT2D eigenvalue weighted by atomic mass is 10.1. The molecule has 0 bridgehead atoms. The van der Waals surface area contributed by atoms with E-state index >= 15 is 0 Å². The van der Waals surface area contributed by atoms with Crippen LogP contribution in [0.1, 0.15) is 18.7 Å². The number of fused-ring (bicyclic) bond motifs is 1. The first-order chi connectivity index (χ1) is 14.1. The normalized spacial score (nSPS) is 19.4. The fraction of sp³-hybridized carbons (Fsp3) is 0.333. The fourth-order valence-electron chi connectivity index (χ4n) is 2.95. The summed E-state index contributed by atoms with van der Waals surface area (Å²) in [5.74, 6) is -3.20. The zero-order valence-electron chi connectivity index (χ0n) is 16.0. The Morgan fingerprint density at radius 1 is 1.23 bits per heavy atom. The van der Waals surface area contributed by atoms with Crippen LogP contribution in [0.4, 0.5) is 23.4 Å². The predicted octanol–water partition coefficient (Wildman–Crippen LogP) is 2.26. The Hall–Kier alpha value is -2.96. The molecule has 3 rings (SSSR count). The molecule has 0 radical (unpaired) electrons. The molecule has 0 amide bonds. The second-order valence-electron chi connectivity index (χ2n) is 6.38. The number of carbonyl (C=O) groups is 1. The Morgan fingerprint density at radius 2 is 1.93 bits per heavy atom. The topological polar surface area (TPSA) is 107 Å². The van der Waals surface area contributed by atoms with E-state index in [1.165, 1.54) is 42.3 Å². The van der Waals surface area contributed by atoms with Crippen LogP contribution in [-0.4, -0.2) is 42.0 Å². The molecule has 4 N–H and O–H groups in total. The van der Waals surface area contributed by atoms with Crippen LogP contribution in [0.3, 0.4) is 0 Å². The van der Waals surface area contributed by atoms with Crippen molar-refractivity contribution in [1.82, 2.24) is 9.88 Å². The Labute approximate surface area is 168 Å². The van der Waals surface area contributed by atoms with Crippen LogP contribution in [0.25, 0.3) is 11.3 Å². The second-order valence-corrected chi connectivity index (χ2v) is 6.38. The van der Waals surface area contributed by atoms with Crippen LogP contribution in [0.15, 0.2) is 30.3 Å². The van der Waals surface area contributed by atoms with E-state index < -0.39 is 30.4 Å². The van der Waals surface area contributed by atoms with Crippen LogP contribution in [0, 0.1) is 5.82 Å².